The Morgan fingerprint density at radius 3 is 2.29 bits per heavy atom. The Kier molecular flexibility index (Phi) is 8.07. The summed E-state index contributed by atoms with van der Waals surface area (Å²) in [6.45, 7) is 8.95. The normalized spacial score (nSPS) is 17.9. The molecule has 0 amide bonds. The fraction of sp³-hybridized carbons (Fsp3) is 0.419. The van der Waals surface area contributed by atoms with Crippen LogP contribution in [0.4, 0.5) is 0 Å². The Hall–Kier alpha value is -2.62. The predicted octanol–water partition coefficient (Wildman–Crippen LogP) is 7.15. The highest BCUT2D eigenvalue weighted by atomic mass is 16.5. The highest BCUT2D eigenvalue weighted by Crippen LogP contribution is 2.37. The van der Waals surface area contributed by atoms with Crippen molar-refractivity contribution in [1.29, 1.82) is 0 Å². The molecule has 0 N–H and O–H groups in total. The molecule has 3 nitrogen and oxygen atoms in total. The molecule has 3 heteroatoms. The molecule has 34 heavy (non-hydrogen) atoms. The van der Waals surface area contributed by atoms with Crippen molar-refractivity contribution >= 4 is 0 Å². The minimum atomic E-state index is -0.0804. The van der Waals surface area contributed by atoms with Gasteiger partial charge in [-0.3, -0.25) is 4.90 Å². The minimum absolute atomic E-state index is 0.0492. The van der Waals surface area contributed by atoms with E-state index in [9.17, 15) is 0 Å². The maximum atomic E-state index is 7.04. The van der Waals surface area contributed by atoms with E-state index < -0.39 is 0 Å². The van der Waals surface area contributed by atoms with Crippen LogP contribution in [0.25, 0.3) is 0 Å². The van der Waals surface area contributed by atoms with E-state index in [0.717, 1.165) is 31.7 Å². The molecule has 3 aromatic rings. The Morgan fingerprint density at radius 1 is 0.882 bits per heavy atom. The Bertz CT molecular complexity index is 1020. The Morgan fingerprint density at radius 2 is 1.59 bits per heavy atom. The molecule has 3 aromatic carbocycles. The van der Waals surface area contributed by atoms with E-state index in [1.54, 1.807) is 7.11 Å². The molecule has 4 rings (SSSR count). The fourth-order valence-corrected chi connectivity index (χ4v) is 4.96. The average Bonchev–Trinajstić information content (AvgIpc) is 2.87. The van der Waals surface area contributed by atoms with E-state index in [0.29, 0.717) is 0 Å². The lowest BCUT2D eigenvalue weighted by molar-refractivity contribution is -0.106. The number of benzene rings is 3. The highest BCUT2D eigenvalue weighted by molar-refractivity contribution is 5.39. The molecule has 0 aliphatic carbocycles. The zero-order valence-electron chi connectivity index (χ0n) is 21.2. The number of nitrogens with zero attached hydrogens (tertiary/aromatic N) is 1. The number of piperidine rings is 1. The van der Waals surface area contributed by atoms with E-state index in [1.165, 1.54) is 35.1 Å². The van der Waals surface area contributed by atoms with Gasteiger partial charge in [0.25, 0.3) is 0 Å². The van der Waals surface area contributed by atoms with Crippen LogP contribution in [-0.2, 0) is 16.6 Å². The van der Waals surface area contributed by atoms with E-state index in [1.807, 2.05) is 12.1 Å². The van der Waals surface area contributed by atoms with E-state index in [-0.39, 0.29) is 17.7 Å². The summed E-state index contributed by atoms with van der Waals surface area (Å²) >= 11 is 0. The van der Waals surface area contributed by atoms with Crippen molar-refractivity contribution in [2.24, 2.45) is 0 Å². The summed E-state index contributed by atoms with van der Waals surface area (Å²) in [6, 6.07) is 28.0. The van der Waals surface area contributed by atoms with Crippen LogP contribution in [0, 0.1) is 0 Å². The first kappa shape index (κ1) is 24.5. The first-order valence-corrected chi connectivity index (χ1v) is 12.6. The molecule has 0 saturated carbocycles. The molecule has 1 heterocycles. The van der Waals surface area contributed by atoms with Crippen LogP contribution >= 0.6 is 0 Å². The van der Waals surface area contributed by atoms with Gasteiger partial charge in [-0.15, -0.1) is 0 Å². The number of likely N-dealkylation sites (tertiary alicyclic amines) is 1. The lowest BCUT2D eigenvalue weighted by atomic mass is 9.81. The summed E-state index contributed by atoms with van der Waals surface area (Å²) in [5.74, 6) is 0.908. The standard InChI is InChI=1S/C31H39NO2/c1-31(2,3)28-15-9-8-14-27(28)30(25-12-6-5-7-13-25)34-29-16-10-11-22-32(29)23-21-24-17-19-26(33-4)20-18-24/h5-9,12-15,17-20,29-30H,10-11,16,21-23H2,1-4H3. The SMILES string of the molecule is COc1ccc(CCN2CCCCC2OC(c2ccccc2)c2ccccc2C(C)(C)C)cc1. The monoisotopic (exact) mass is 457 g/mol. The van der Waals surface area contributed by atoms with Crippen LogP contribution in [0.15, 0.2) is 78.9 Å². The number of hydrogen-bond donors (Lipinski definition) is 0. The van der Waals surface area contributed by atoms with Gasteiger partial charge in [-0.25, -0.2) is 0 Å². The molecule has 0 bridgehead atoms. The Balaban J connectivity index is 1.57. The van der Waals surface area contributed by atoms with Gasteiger partial charge in [0, 0.05) is 13.1 Å². The smallest absolute Gasteiger partial charge is 0.118 e. The second kappa shape index (κ2) is 11.2. The van der Waals surface area contributed by atoms with Gasteiger partial charge in [-0.2, -0.15) is 0 Å². The lowest BCUT2D eigenvalue weighted by Gasteiger charge is -2.39. The quantitative estimate of drug-likeness (QED) is 0.358. The molecular weight excluding hydrogens is 418 g/mol. The molecule has 2 atom stereocenters. The number of ether oxygens (including phenoxy) is 2. The molecule has 0 spiro atoms. The van der Waals surface area contributed by atoms with Crippen LogP contribution in [0.5, 0.6) is 5.75 Å². The van der Waals surface area contributed by atoms with Gasteiger partial charge >= 0.3 is 0 Å². The van der Waals surface area contributed by atoms with Gasteiger partial charge in [-0.1, -0.05) is 87.5 Å². The Labute approximate surface area is 205 Å². The van der Waals surface area contributed by atoms with Gasteiger partial charge in [0.1, 0.15) is 18.1 Å². The predicted molar refractivity (Wildman–Crippen MR) is 140 cm³/mol. The lowest BCUT2D eigenvalue weighted by Crippen LogP contribution is -2.43. The van der Waals surface area contributed by atoms with Gasteiger partial charge in [0.05, 0.1) is 7.11 Å². The second-order valence-corrected chi connectivity index (χ2v) is 10.3. The van der Waals surface area contributed by atoms with Crippen LogP contribution in [0.1, 0.15) is 68.4 Å². The first-order valence-electron chi connectivity index (χ1n) is 12.6. The topological polar surface area (TPSA) is 21.7 Å². The molecule has 1 saturated heterocycles. The summed E-state index contributed by atoms with van der Waals surface area (Å²) in [4.78, 5) is 2.55. The zero-order valence-corrected chi connectivity index (χ0v) is 21.2. The third-order valence-corrected chi connectivity index (χ3v) is 6.85. The summed E-state index contributed by atoms with van der Waals surface area (Å²) < 4.78 is 12.4. The molecule has 1 aliphatic heterocycles. The van der Waals surface area contributed by atoms with Crippen molar-refractivity contribution in [2.75, 3.05) is 20.2 Å². The van der Waals surface area contributed by atoms with Crippen molar-refractivity contribution in [2.45, 2.75) is 64.2 Å². The molecule has 2 unspecified atom stereocenters. The van der Waals surface area contributed by atoms with Crippen LogP contribution in [-0.4, -0.2) is 31.3 Å². The van der Waals surface area contributed by atoms with Gasteiger partial charge in [0.15, 0.2) is 0 Å². The molecule has 1 aliphatic rings. The van der Waals surface area contributed by atoms with E-state index in [4.69, 9.17) is 9.47 Å². The summed E-state index contributed by atoms with van der Waals surface area (Å²) in [6.07, 6.45) is 4.57. The van der Waals surface area contributed by atoms with Crippen molar-refractivity contribution in [3.05, 3.63) is 101 Å². The number of hydrogen-bond acceptors (Lipinski definition) is 3. The third-order valence-electron chi connectivity index (χ3n) is 6.85. The van der Waals surface area contributed by atoms with Gasteiger partial charge in [0.2, 0.25) is 0 Å². The number of methoxy groups -OCH3 is 1. The average molecular weight is 458 g/mol. The molecule has 180 valence electrons. The van der Waals surface area contributed by atoms with E-state index in [2.05, 4.69) is 92.4 Å². The number of rotatable bonds is 8. The van der Waals surface area contributed by atoms with Gasteiger partial charge in [-0.05, 0) is 65.5 Å². The van der Waals surface area contributed by atoms with Crippen LogP contribution < -0.4 is 4.74 Å². The molecular formula is C31H39NO2. The maximum Gasteiger partial charge on any atom is 0.118 e. The van der Waals surface area contributed by atoms with Crippen molar-refractivity contribution in [3.63, 3.8) is 0 Å². The molecule has 0 aromatic heterocycles. The second-order valence-electron chi connectivity index (χ2n) is 10.3. The largest absolute Gasteiger partial charge is 0.497 e. The van der Waals surface area contributed by atoms with Gasteiger partial charge < -0.3 is 9.47 Å². The van der Waals surface area contributed by atoms with Crippen LogP contribution in [0.2, 0.25) is 0 Å². The maximum absolute atomic E-state index is 7.04. The first-order chi connectivity index (χ1) is 16.5. The third kappa shape index (κ3) is 6.08. The van der Waals surface area contributed by atoms with Crippen molar-refractivity contribution in [3.8, 4) is 5.75 Å². The summed E-state index contributed by atoms with van der Waals surface area (Å²) in [5, 5.41) is 0. The molecule has 0 radical (unpaired) electrons. The molecule has 1 fully saturated rings. The summed E-state index contributed by atoms with van der Waals surface area (Å²) in [7, 11) is 1.71. The van der Waals surface area contributed by atoms with Crippen molar-refractivity contribution in [1.82, 2.24) is 4.90 Å². The van der Waals surface area contributed by atoms with E-state index >= 15 is 0 Å². The fourth-order valence-electron chi connectivity index (χ4n) is 4.96. The summed E-state index contributed by atoms with van der Waals surface area (Å²) in [5.41, 5.74) is 5.24. The minimum Gasteiger partial charge on any atom is -0.497 e. The highest BCUT2D eigenvalue weighted by Gasteiger charge is 2.30. The van der Waals surface area contributed by atoms with Crippen LogP contribution in [0.3, 0.4) is 0 Å². The van der Waals surface area contributed by atoms with Crippen molar-refractivity contribution < 1.29 is 9.47 Å². The zero-order chi connectivity index (χ0) is 24.0.